The van der Waals surface area contributed by atoms with Crippen LogP contribution < -0.4 is 5.32 Å². The summed E-state index contributed by atoms with van der Waals surface area (Å²) in [6, 6.07) is -1.51. The molecule has 4 aliphatic heterocycles. The molecule has 4 saturated heterocycles. The van der Waals surface area contributed by atoms with Gasteiger partial charge in [0.05, 0.1) is 24.9 Å². The first-order valence-corrected chi connectivity index (χ1v) is 16.6. The summed E-state index contributed by atoms with van der Waals surface area (Å²) in [5.41, 5.74) is 0. The van der Waals surface area contributed by atoms with Crippen molar-refractivity contribution in [2.45, 2.75) is 158 Å². The lowest BCUT2D eigenvalue weighted by Gasteiger charge is -2.50. The van der Waals surface area contributed by atoms with E-state index in [1.54, 1.807) is 20.8 Å². The lowest BCUT2D eigenvalue weighted by atomic mass is 9.90. The van der Waals surface area contributed by atoms with Crippen LogP contribution in [-0.4, -0.2) is 188 Å². The van der Waals surface area contributed by atoms with Crippen LogP contribution in [0.1, 0.15) is 41.0 Å². The summed E-state index contributed by atoms with van der Waals surface area (Å²) in [7, 11) is 0. The fourth-order valence-corrected chi connectivity index (χ4v) is 6.42. The first-order valence-electron chi connectivity index (χ1n) is 16.6. The zero-order chi connectivity index (χ0) is 37.2. The van der Waals surface area contributed by atoms with Gasteiger partial charge in [-0.3, -0.25) is 4.79 Å². The van der Waals surface area contributed by atoms with E-state index in [-0.39, 0.29) is 6.61 Å². The number of carbonyl (C=O) groups excluding carboxylic acids is 1. The van der Waals surface area contributed by atoms with Gasteiger partial charge in [-0.05, 0) is 20.3 Å². The van der Waals surface area contributed by atoms with Crippen LogP contribution in [-0.2, 0) is 47.5 Å². The molecule has 4 aliphatic rings. The Labute approximate surface area is 287 Å². The Bertz CT molecular complexity index is 1120. The molecule has 4 fully saturated rings. The van der Waals surface area contributed by atoms with Gasteiger partial charge in [-0.2, -0.15) is 0 Å². The molecular formula is C30H51NO19. The summed E-state index contributed by atoms with van der Waals surface area (Å²) in [6.45, 7) is 7.05. The maximum atomic E-state index is 12.4. The summed E-state index contributed by atoms with van der Waals surface area (Å²) >= 11 is 0. The molecule has 50 heavy (non-hydrogen) atoms. The Morgan fingerprint density at radius 3 is 1.86 bits per heavy atom. The third kappa shape index (κ3) is 8.73. The molecule has 20 nitrogen and oxygen atoms in total. The molecule has 0 spiro atoms. The smallest absolute Gasteiger partial charge is 0.335 e. The van der Waals surface area contributed by atoms with Crippen molar-refractivity contribution in [3.63, 3.8) is 0 Å². The van der Waals surface area contributed by atoms with Crippen LogP contribution in [0.5, 0.6) is 0 Å². The Hall–Kier alpha value is -1.70. The number of rotatable bonds is 12. The maximum absolute atomic E-state index is 12.4. The molecular weight excluding hydrogens is 678 g/mol. The Morgan fingerprint density at radius 1 is 0.660 bits per heavy atom. The van der Waals surface area contributed by atoms with E-state index in [9.17, 15) is 55.5 Å². The van der Waals surface area contributed by atoms with E-state index < -0.39 is 141 Å². The predicted molar refractivity (Wildman–Crippen MR) is 160 cm³/mol. The number of carbonyl (C=O) groups is 2. The van der Waals surface area contributed by atoms with Crippen molar-refractivity contribution in [2.24, 2.45) is 5.92 Å². The number of ether oxygens (including phenoxy) is 8. The van der Waals surface area contributed by atoms with E-state index >= 15 is 0 Å². The summed E-state index contributed by atoms with van der Waals surface area (Å²) in [5.74, 6) is -3.21. The van der Waals surface area contributed by atoms with E-state index in [1.165, 1.54) is 0 Å². The second-order valence-electron chi connectivity index (χ2n) is 13.1. The molecule has 1 amide bonds. The van der Waals surface area contributed by atoms with Crippen LogP contribution in [0.15, 0.2) is 0 Å². The van der Waals surface area contributed by atoms with Gasteiger partial charge < -0.3 is 89.2 Å². The number of aliphatic hydroxyl groups is 8. The Morgan fingerprint density at radius 2 is 1.26 bits per heavy atom. The van der Waals surface area contributed by atoms with Crippen LogP contribution in [0.2, 0.25) is 0 Å². The lowest BCUT2D eigenvalue weighted by molar-refractivity contribution is -0.384. The van der Waals surface area contributed by atoms with Gasteiger partial charge in [0, 0.05) is 19.4 Å². The Kier molecular flexibility index (Phi) is 14.3. The molecule has 4 heterocycles. The number of nitrogens with one attached hydrogen (secondary N) is 1. The molecule has 4 rings (SSSR count). The lowest BCUT2D eigenvalue weighted by Crippen LogP contribution is -2.69. The second kappa shape index (κ2) is 17.4. The summed E-state index contributed by atoms with van der Waals surface area (Å²) in [6.07, 6.45) is -27.1. The van der Waals surface area contributed by atoms with Gasteiger partial charge in [-0.15, -0.1) is 0 Å². The van der Waals surface area contributed by atoms with Gasteiger partial charge in [0.1, 0.15) is 67.1 Å². The quantitative estimate of drug-likeness (QED) is 0.0902. The van der Waals surface area contributed by atoms with Gasteiger partial charge >= 0.3 is 5.97 Å². The second-order valence-corrected chi connectivity index (χ2v) is 13.1. The van der Waals surface area contributed by atoms with E-state index in [2.05, 4.69) is 5.32 Å². The number of carboxylic acid groups (broad SMARTS) is 1. The molecule has 0 saturated carbocycles. The number of aliphatic carboxylic acids is 1. The SMILES string of the molecule is CCCO[C@@H]1OC(C)[C@H](O)[C@H](O)C1O[C@@H]1OC(C)[C@H](O)[C@H](C)C1O[C@@H]1OC(CO)[C@H](O)[C@H](O[C@@H]2OC(C(=O)O)[C@H](O)[C@H](O)C2O)C1NC(C)=O. The van der Waals surface area contributed by atoms with Crippen LogP contribution in [0, 0.1) is 5.92 Å². The number of hydrogen-bond donors (Lipinski definition) is 10. The van der Waals surface area contributed by atoms with Gasteiger partial charge in [0.25, 0.3) is 0 Å². The summed E-state index contributed by atoms with van der Waals surface area (Å²) in [4.78, 5) is 24.1. The highest BCUT2D eigenvalue weighted by molar-refractivity contribution is 5.73. The minimum Gasteiger partial charge on any atom is -0.479 e. The zero-order valence-corrected chi connectivity index (χ0v) is 28.3. The number of amides is 1. The Balaban J connectivity index is 1.65. The monoisotopic (exact) mass is 729 g/mol. The first kappa shape index (κ1) is 41.1. The largest absolute Gasteiger partial charge is 0.479 e. The molecule has 0 aromatic carbocycles. The van der Waals surface area contributed by atoms with Crippen molar-refractivity contribution < 1.29 is 93.4 Å². The maximum Gasteiger partial charge on any atom is 0.335 e. The molecule has 0 aromatic rings. The van der Waals surface area contributed by atoms with Gasteiger partial charge in [0.2, 0.25) is 5.91 Å². The fraction of sp³-hybridized carbons (Fsp3) is 0.933. The zero-order valence-electron chi connectivity index (χ0n) is 28.3. The average molecular weight is 730 g/mol. The molecule has 20 atom stereocenters. The molecule has 20 heteroatoms. The van der Waals surface area contributed by atoms with Crippen LogP contribution in [0.3, 0.4) is 0 Å². The molecule has 0 aliphatic carbocycles. The van der Waals surface area contributed by atoms with Crippen LogP contribution >= 0.6 is 0 Å². The minimum absolute atomic E-state index is 0.222. The number of hydrogen-bond acceptors (Lipinski definition) is 18. The third-order valence-electron chi connectivity index (χ3n) is 9.34. The highest BCUT2D eigenvalue weighted by Gasteiger charge is 2.55. The molecule has 290 valence electrons. The van der Waals surface area contributed by atoms with Gasteiger partial charge in [-0.25, -0.2) is 4.79 Å². The first-order chi connectivity index (χ1) is 23.5. The molecule has 0 aromatic heterocycles. The number of carboxylic acids is 1. The molecule has 0 bridgehead atoms. The van der Waals surface area contributed by atoms with Crippen molar-refractivity contribution in [2.75, 3.05) is 13.2 Å². The van der Waals surface area contributed by atoms with E-state index in [0.29, 0.717) is 6.42 Å². The predicted octanol–water partition coefficient (Wildman–Crippen LogP) is -4.75. The van der Waals surface area contributed by atoms with Crippen molar-refractivity contribution in [1.82, 2.24) is 5.32 Å². The van der Waals surface area contributed by atoms with Crippen LogP contribution in [0.4, 0.5) is 0 Å². The molecule has 10 N–H and O–H groups in total. The summed E-state index contributed by atoms with van der Waals surface area (Å²) in [5, 5.41) is 96.8. The van der Waals surface area contributed by atoms with Crippen molar-refractivity contribution in [1.29, 1.82) is 0 Å². The summed E-state index contributed by atoms with van der Waals surface area (Å²) < 4.78 is 46.8. The highest BCUT2D eigenvalue weighted by Crippen LogP contribution is 2.36. The minimum atomic E-state index is -2.06. The fourth-order valence-electron chi connectivity index (χ4n) is 6.42. The molecule has 8 unspecified atom stereocenters. The third-order valence-corrected chi connectivity index (χ3v) is 9.34. The molecule has 0 radical (unpaired) electrons. The van der Waals surface area contributed by atoms with Gasteiger partial charge in [0.15, 0.2) is 31.3 Å². The number of aliphatic hydroxyl groups excluding tert-OH is 8. The average Bonchev–Trinajstić information content (AvgIpc) is 3.06. The highest BCUT2D eigenvalue weighted by atomic mass is 16.8. The topological polar surface area (TPSA) is 302 Å². The van der Waals surface area contributed by atoms with Crippen molar-refractivity contribution in [3.05, 3.63) is 0 Å². The normalized spacial score (nSPS) is 48.6. The van der Waals surface area contributed by atoms with E-state index in [0.717, 1.165) is 6.92 Å². The van der Waals surface area contributed by atoms with Crippen molar-refractivity contribution in [3.8, 4) is 0 Å². The van der Waals surface area contributed by atoms with Crippen molar-refractivity contribution >= 4 is 11.9 Å². The van der Waals surface area contributed by atoms with E-state index in [1.807, 2.05) is 6.92 Å². The van der Waals surface area contributed by atoms with Gasteiger partial charge in [-0.1, -0.05) is 13.8 Å². The standard InChI is InChI=1S/C30H51NO19/c1-6-7-43-29-25(19(38)16(35)11(4)44-29)50-30-22(9(2)15(34)10(3)45-30)47-27-14(31-12(5)33)23(17(36)13(8-32)46-27)48-28-21(40)18(37)20(39)24(49-28)26(41)42/h9-11,13-25,27-30,32,34-40H,6-8H2,1-5H3,(H,31,33)(H,41,42)/t9-,10?,11?,13?,14?,15+,16-,17-,18-,19-,20+,21?,22?,23+,24?,25?,27-,28+,29+,30-/m0/s1. The van der Waals surface area contributed by atoms with Crippen LogP contribution in [0.25, 0.3) is 0 Å². The van der Waals surface area contributed by atoms with E-state index in [4.69, 9.17) is 37.9 Å².